The van der Waals surface area contributed by atoms with E-state index in [1.54, 1.807) is 0 Å². The summed E-state index contributed by atoms with van der Waals surface area (Å²) >= 11 is 17.1. The highest BCUT2D eigenvalue weighted by molar-refractivity contribution is 6.36. The van der Waals surface area contributed by atoms with Gasteiger partial charge in [0.15, 0.2) is 0 Å². The Morgan fingerprint density at radius 1 is 1.08 bits per heavy atom. The summed E-state index contributed by atoms with van der Waals surface area (Å²) in [6, 6.07) is 0. The number of hydrogen-bond acceptors (Lipinski definition) is 2. The first-order chi connectivity index (χ1) is 5.65. The van der Waals surface area contributed by atoms with Crippen LogP contribution in [0.2, 0.25) is 15.6 Å². The molecular weight excluding hydrogens is 218 g/mol. The molecule has 0 radical (unpaired) electrons. The van der Waals surface area contributed by atoms with Crippen LogP contribution >= 0.6 is 34.8 Å². The number of aromatic nitrogens is 2. The Balaban J connectivity index is 3.10. The molecule has 66 valence electrons. The second-order valence-corrected chi connectivity index (χ2v) is 3.36. The zero-order valence-electron chi connectivity index (χ0n) is 6.44. The van der Waals surface area contributed by atoms with Gasteiger partial charge in [0.05, 0.1) is 0 Å². The van der Waals surface area contributed by atoms with Crippen molar-refractivity contribution in [3.05, 3.63) is 21.2 Å². The fourth-order valence-electron chi connectivity index (χ4n) is 0.863. The van der Waals surface area contributed by atoms with Crippen LogP contribution in [-0.2, 0) is 6.42 Å². The van der Waals surface area contributed by atoms with Gasteiger partial charge in [0.25, 0.3) is 0 Å². The predicted octanol–water partition coefficient (Wildman–Crippen LogP) is 3.39. The van der Waals surface area contributed by atoms with Crippen molar-refractivity contribution in [3.8, 4) is 0 Å². The standard InChI is InChI=1S/C7H7Cl3N2/c1-2-3-4-5(8)11-7(10)12-6(4)9/h2-3H2,1H3. The molecule has 0 aliphatic carbocycles. The Bertz CT molecular complexity index is 265. The molecule has 1 aromatic heterocycles. The summed E-state index contributed by atoms with van der Waals surface area (Å²) in [4.78, 5) is 7.58. The molecule has 0 spiro atoms. The Morgan fingerprint density at radius 3 is 2.00 bits per heavy atom. The van der Waals surface area contributed by atoms with Gasteiger partial charge in [-0.25, -0.2) is 9.97 Å². The topological polar surface area (TPSA) is 25.8 Å². The van der Waals surface area contributed by atoms with Crippen LogP contribution in [0, 0.1) is 0 Å². The molecule has 0 fully saturated rings. The summed E-state index contributed by atoms with van der Waals surface area (Å²) in [6.07, 6.45) is 1.72. The third kappa shape index (κ3) is 2.22. The molecule has 1 rings (SSSR count). The average molecular weight is 226 g/mol. The molecule has 0 aliphatic rings. The number of nitrogens with zero attached hydrogens (tertiary/aromatic N) is 2. The molecule has 0 bridgehead atoms. The van der Waals surface area contributed by atoms with E-state index in [2.05, 4.69) is 9.97 Å². The highest BCUT2D eigenvalue weighted by Crippen LogP contribution is 2.23. The summed E-state index contributed by atoms with van der Waals surface area (Å²) < 4.78 is 0. The molecule has 0 saturated heterocycles. The molecule has 0 N–H and O–H groups in total. The first kappa shape index (κ1) is 10.0. The van der Waals surface area contributed by atoms with Crippen LogP contribution in [0.25, 0.3) is 0 Å². The van der Waals surface area contributed by atoms with E-state index >= 15 is 0 Å². The maximum Gasteiger partial charge on any atom is 0.225 e. The van der Waals surface area contributed by atoms with Crippen LogP contribution in [0.4, 0.5) is 0 Å². The summed E-state index contributed by atoms with van der Waals surface area (Å²) in [6.45, 7) is 2.03. The van der Waals surface area contributed by atoms with Gasteiger partial charge in [-0.05, 0) is 18.0 Å². The molecule has 1 aromatic rings. The van der Waals surface area contributed by atoms with E-state index in [0.29, 0.717) is 10.3 Å². The second-order valence-electron chi connectivity index (χ2n) is 2.30. The monoisotopic (exact) mass is 224 g/mol. The molecule has 0 amide bonds. The van der Waals surface area contributed by atoms with E-state index in [-0.39, 0.29) is 5.28 Å². The van der Waals surface area contributed by atoms with Crippen LogP contribution in [0.3, 0.4) is 0 Å². The molecule has 1 heterocycles. The van der Waals surface area contributed by atoms with Gasteiger partial charge in [-0.1, -0.05) is 36.5 Å². The number of rotatable bonds is 2. The highest BCUT2D eigenvalue weighted by atomic mass is 35.5. The zero-order valence-corrected chi connectivity index (χ0v) is 8.71. The van der Waals surface area contributed by atoms with Crippen molar-refractivity contribution < 1.29 is 0 Å². The van der Waals surface area contributed by atoms with Gasteiger partial charge in [0.2, 0.25) is 5.28 Å². The van der Waals surface area contributed by atoms with E-state index < -0.39 is 0 Å². The van der Waals surface area contributed by atoms with Crippen molar-refractivity contribution in [1.82, 2.24) is 9.97 Å². The fourth-order valence-corrected chi connectivity index (χ4v) is 1.70. The minimum absolute atomic E-state index is 0.0878. The lowest BCUT2D eigenvalue weighted by molar-refractivity contribution is 0.901. The van der Waals surface area contributed by atoms with Crippen molar-refractivity contribution in [3.63, 3.8) is 0 Å². The predicted molar refractivity (Wildman–Crippen MR) is 51.1 cm³/mol. The third-order valence-electron chi connectivity index (χ3n) is 1.38. The van der Waals surface area contributed by atoms with Gasteiger partial charge in [-0.15, -0.1) is 0 Å². The fraction of sp³-hybridized carbons (Fsp3) is 0.429. The largest absolute Gasteiger partial charge is 0.225 e. The SMILES string of the molecule is CCCc1c(Cl)nc(Cl)nc1Cl. The summed E-state index contributed by atoms with van der Waals surface area (Å²) in [5.41, 5.74) is 0.769. The van der Waals surface area contributed by atoms with Crippen molar-refractivity contribution in [1.29, 1.82) is 0 Å². The number of halogens is 3. The Morgan fingerprint density at radius 2 is 1.58 bits per heavy atom. The van der Waals surface area contributed by atoms with Gasteiger partial charge >= 0.3 is 0 Å². The molecule has 5 heteroatoms. The summed E-state index contributed by atoms with van der Waals surface area (Å²) in [5, 5.41) is 0.786. The van der Waals surface area contributed by atoms with Gasteiger partial charge in [-0.3, -0.25) is 0 Å². The van der Waals surface area contributed by atoms with Crippen molar-refractivity contribution >= 4 is 34.8 Å². The first-order valence-electron chi connectivity index (χ1n) is 3.52. The first-order valence-corrected chi connectivity index (χ1v) is 4.66. The molecule has 12 heavy (non-hydrogen) atoms. The zero-order chi connectivity index (χ0) is 9.14. The van der Waals surface area contributed by atoms with E-state index in [1.165, 1.54) is 0 Å². The van der Waals surface area contributed by atoms with Gasteiger partial charge in [0, 0.05) is 5.56 Å². The van der Waals surface area contributed by atoms with Crippen molar-refractivity contribution in [2.75, 3.05) is 0 Å². The van der Waals surface area contributed by atoms with Crippen molar-refractivity contribution in [2.45, 2.75) is 19.8 Å². The normalized spacial score (nSPS) is 10.3. The van der Waals surface area contributed by atoms with E-state index in [1.807, 2.05) is 6.92 Å². The average Bonchev–Trinajstić information content (AvgIpc) is 1.96. The van der Waals surface area contributed by atoms with Crippen LogP contribution < -0.4 is 0 Å². The second kappa shape index (κ2) is 4.26. The molecule has 0 aliphatic heterocycles. The Labute approximate surface area is 85.9 Å². The third-order valence-corrected chi connectivity index (χ3v) is 2.17. The summed E-state index contributed by atoms with van der Waals surface area (Å²) in [5.74, 6) is 0. The Hall–Kier alpha value is -0.0500. The van der Waals surface area contributed by atoms with Gasteiger partial charge < -0.3 is 0 Å². The maximum atomic E-state index is 5.79. The van der Waals surface area contributed by atoms with Gasteiger partial charge in [0.1, 0.15) is 10.3 Å². The van der Waals surface area contributed by atoms with Crippen LogP contribution in [-0.4, -0.2) is 9.97 Å². The van der Waals surface area contributed by atoms with E-state index in [0.717, 1.165) is 18.4 Å². The molecule has 0 unspecified atom stereocenters. The van der Waals surface area contributed by atoms with Crippen LogP contribution in [0.5, 0.6) is 0 Å². The maximum absolute atomic E-state index is 5.79. The molecular formula is C7H7Cl3N2. The summed E-state index contributed by atoms with van der Waals surface area (Å²) in [7, 11) is 0. The van der Waals surface area contributed by atoms with E-state index in [9.17, 15) is 0 Å². The lowest BCUT2D eigenvalue weighted by Gasteiger charge is -2.03. The minimum Gasteiger partial charge on any atom is -0.206 e. The lowest BCUT2D eigenvalue weighted by atomic mass is 10.2. The smallest absolute Gasteiger partial charge is 0.206 e. The minimum atomic E-state index is 0.0878. The highest BCUT2D eigenvalue weighted by Gasteiger charge is 2.08. The van der Waals surface area contributed by atoms with Crippen LogP contribution in [0.1, 0.15) is 18.9 Å². The quantitative estimate of drug-likeness (QED) is 0.569. The Kier molecular flexibility index (Phi) is 3.56. The van der Waals surface area contributed by atoms with Crippen LogP contribution in [0.15, 0.2) is 0 Å². The van der Waals surface area contributed by atoms with Crippen molar-refractivity contribution in [2.24, 2.45) is 0 Å². The molecule has 0 aromatic carbocycles. The van der Waals surface area contributed by atoms with Gasteiger partial charge in [-0.2, -0.15) is 0 Å². The molecule has 2 nitrogen and oxygen atoms in total. The molecule has 0 saturated carbocycles. The number of hydrogen-bond donors (Lipinski definition) is 0. The van der Waals surface area contributed by atoms with E-state index in [4.69, 9.17) is 34.8 Å². The molecule has 0 atom stereocenters. The lowest BCUT2D eigenvalue weighted by Crippen LogP contribution is -1.94.